The van der Waals surface area contributed by atoms with Crippen LogP contribution in [0.15, 0.2) is 0 Å². The van der Waals surface area contributed by atoms with E-state index >= 15 is 0 Å². The molecular weight excluding hydrogens is 322 g/mol. The molecule has 1 heterocycles. The van der Waals surface area contributed by atoms with Gasteiger partial charge in [-0.1, -0.05) is 71.1 Å². The van der Waals surface area contributed by atoms with Crippen LogP contribution < -0.4 is 0 Å². The van der Waals surface area contributed by atoms with E-state index in [1.165, 1.54) is 64.2 Å². The topological polar surface area (TPSA) is 29.5 Å². The SMILES string of the molecule is CCCCCCCCCCCCCC(=O)ON1C(C)(C)CCCC1(C)C. The van der Waals surface area contributed by atoms with Gasteiger partial charge in [0.15, 0.2) is 0 Å². The summed E-state index contributed by atoms with van der Waals surface area (Å²) in [5.41, 5.74) is -0.122. The summed E-state index contributed by atoms with van der Waals surface area (Å²) in [4.78, 5) is 18.1. The van der Waals surface area contributed by atoms with Crippen LogP contribution in [0.5, 0.6) is 0 Å². The molecule has 1 saturated heterocycles. The summed E-state index contributed by atoms with van der Waals surface area (Å²) >= 11 is 0. The van der Waals surface area contributed by atoms with Crippen LogP contribution in [0.25, 0.3) is 0 Å². The standard InChI is InChI=1S/C23H45NO2/c1-6-7-8-9-10-11-12-13-14-15-16-18-21(25)26-24-22(2,3)19-17-20-23(24,4)5/h6-20H2,1-5H3. The molecule has 0 amide bonds. The van der Waals surface area contributed by atoms with Crippen molar-refractivity contribution in [1.82, 2.24) is 5.06 Å². The normalized spacial score (nSPS) is 19.4. The number of nitrogens with zero attached hydrogens (tertiary/aromatic N) is 1. The van der Waals surface area contributed by atoms with Crippen LogP contribution in [0, 0.1) is 0 Å². The van der Waals surface area contributed by atoms with Gasteiger partial charge in [0.25, 0.3) is 0 Å². The van der Waals surface area contributed by atoms with E-state index in [4.69, 9.17) is 4.84 Å². The molecule has 0 aliphatic carbocycles. The molecule has 1 aliphatic rings. The van der Waals surface area contributed by atoms with E-state index in [2.05, 4.69) is 34.6 Å². The molecule has 0 radical (unpaired) electrons. The monoisotopic (exact) mass is 367 g/mol. The minimum Gasteiger partial charge on any atom is -0.367 e. The molecule has 1 aliphatic heterocycles. The fraction of sp³-hybridized carbons (Fsp3) is 0.957. The predicted octanol–water partition coefficient (Wildman–Crippen LogP) is 7.19. The zero-order chi connectivity index (χ0) is 19.5. The minimum absolute atomic E-state index is 0.0519. The second-order valence-corrected chi connectivity index (χ2v) is 9.52. The van der Waals surface area contributed by atoms with Crippen LogP contribution in [0.4, 0.5) is 0 Å². The molecule has 0 aromatic heterocycles. The summed E-state index contributed by atoms with van der Waals surface area (Å²) in [6.07, 6.45) is 18.3. The van der Waals surface area contributed by atoms with Gasteiger partial charge in [-0.15, -0.1) is 5.06 Å². The maximum atomic E-state index is 12.3. The Morgan fingerprint density at radius 1 is 0.769 bits per heavy atom. The molecule has 1 fully saturated rings. The highest BCUT2D eigenvalue weighted by molar-refractivity contribution is 5.69. The molecule has 0 saturated carbocycles. The smallest absolute Gasteiger partial charge is 0.325 e. The third-order valence-electron chi connectivity index (χ3n) is 5.85. The van der Waals surface area contributed by atoms with E-state index in [-0.39, 0.29) is 17.0 Å². The Balaban J connectivity index is 2.08. The van der Waals surface area contributed by atoms with E-state index in [1.807, 2.05) is 5.06 Å². The number of hydroxylamine groups is 2. The third kappa shape index (κ3) is 8.88. The van der Waals surface area contributed by atoms with Crippen LogP contribution in [0.2, 0.25) is 0 Å². The first-order valence-electron chi connectivity index (χ1n) is 11.3. The van der Waals surface area contributed by atoms with E-state index in [0.29, 0.717) is 6.42 Å². The summed E-state index contributed by atoms with van der Waals surface area (Å²) in [5, 5.41) is 1.98. The van der Waals surface area contributed by atoms with Gasteiger partial charge in [0.2, 0.25) is 0 Å². The zero-order valence-corrected chi connectivity index (χ0v) is 18.4. The van der Waals surface area contributed by atoms with Crippen LogP contribution in [0.3, 0.4) is 0 Å². The molecule has 0 N–H and O–H groups in total. The second kappa shape index (κ2) is 12.0. The Morgan fingerprint density at radius 2 is 1.19 bits per heavy atom. The van der Waals surface area contributed by atoms with Gasteiger partial charge in [-0.3, -0.25) is 4.79 Å². The molecule has 3 nitrogen and oxygen atoms in total. The van der Waals surface area contributed by atoms with Gasteiger partial charge in [-0.25, -0.2) is 0 Å². The number of piperidine rings is 1. The molecule has 0 atom stereocenters. The lowest BCUT2D eigenvalue weighted by atomic mass is 9.82. The van der Waals surface area contributed by atoms with E-state index < -0.39 is 0 Å². The Bertz CT molecular complexity index is 374. The molecule has 26 heavy (non-hydrogen) atoms. The first-order valence-corrected chi connectivity index (χ1v) is 11.3. The van der Waals surface area contributed by atoms with Crippen molar-refractivity contribution < 1.29 is 9.63 Å². The average molecular weight is 368 g/mol. The maximum Gasteiger partial charge on any atom is 0.325 e. The Morgan fingerprint density at radius 3 is 1.65 bits per heavy atom. The van der Waals surface area contributed by atoms with Gasteiger partial charge in [-0.2, -0.15) is 0 Å². The van der Waals surface area contributed by atoms with Gasteiger partial charge in [0, 0.05) is 6.42 Å². The van der Waals surface area contributed by atoms with Gasteiger partial charge < -0.3 is 4.84 Å². The quantitative estimate of drug-likeness (QED) is 0.323. The van der Waals surface area contributed by atoms with Gasteiger partial charge in [0.1, 0.15) is 0 Å². The first-order chi connectivity index (χ1) is 12.3. The van der Waals surface area contributed by atoms with Crippen molar-refractivity contribution in [1.29, 1.82) is 0 Å². The van der Waals surface area contributed by atoms with Crippen molar-refractivity contribution in [3.8, 4) is 0 Å². The fourth-order valence-corrected chi connectivity index (χ4v) is 4.30. The summed E-state index contributed by atoms with van der Waals surface area (Å²) in [6.45, 7) is 11.0. The summed E-state index contributed by atoms with van der Waals surface area (Å²) < 4.78 is 0. The van der Waals surface area contributed by atoms with Crippen LogP contribution in [0.1, 0.15) is 131 Å². The number of hydrogen-bond acceptors (Lipinski definition) is 3. The summed E-state index contributed by atoms with van der Waals surface area (Å²) in [5.74, 6) is -0.0519. The van der Waals surface area contributed by atoms with Crippen molar-refractivity contribution in [2.24, 2.45) is 0 Å². The van der Waals surface area contributed by atoms with E-state index in [1.54, 1.807) is 0 Å². The van der Waals surface area contributed by atoms with Crippen molar-refractivity contribution >= 4 is 5.97 Å². The van der Waals surface area contributed by atoms with Gasteiger partial charge >= 0.3 is 5.97 Å². The van der Waals surface area contributed by atoms with Gasteiger partial charge in [0.05, 0.1) is 11.1 Å². The fourth-order valence-electron chi connectivity index (χ4n) is 4.30. The Kier molecular flexibility index (Phi) is 10.8. The molecule has 0 bridgehead atoms. The van der Waals surface area contributed by atoms with Crippen molar-refractivity contribution in [3.05, 3.63) is 0 Å². The lowest BCUT2D eigenvalue weighted by Gasteiger charge is -2.50. The first kappa shape index (κ1) is 23.5. The average Bonchev–Trinajstić information content (AvgIpc) is 2.56. The molecule has 3 heteroatoms. The van der Waals surface area contributed by atoms with Crippen LogP contribution in [-0.2, 0) is 9.63 Å². The zero-order valence-electron chi connectivity index (χ0n) is 18.4. The molecule has 0 aromatic carbocycles. The third-order valence-corrected chi connectivity index (χ3v) is 5.85. The van der Waals surface area contributed by atoms with Crippen LogP contribution >= 0.6 is 0 Å². The second-order valence-electron chi connectivity index (χ2n) is 9.52. The highest BCUT2D eigenvalue weighted by Gasteiger charge is 2.44. The molecule has 0 aromatic rings. The Labute approximate surface area is 163 Å². The van der Waals surface area contributed by atoms with Crippen molar-refractivity contribution in [3.63, 3.8) is 0 Å². The molecule has 0 unspecified atom stereocenters. The highest BCUT2D eigenvalue weighted by Crippen LogP contribution is 2.38. The van der Waals surface area contributed by atoms with Gasteiger partial charge in [-0.05, 0) is 53.4 Å². The number of unbranched alkanes of at least 4 members (excludes halogenated alkanes) is 10. The summed E-state index contributed by atoms with van der Waals surface area (Å²) in [6, 6.07) is 0. The predicted molar refractivity (Wildman–Crippen MR) is 111 cm³/mol. The number of carbonyl (C=O) groups excluding carboxylic acids is 1. The molecular formula is C23H45NO2. The molecule has 154 valence electrons. The highest BCUT2D eigenvalue weighted by atomic mass is 16.7. The number of rotatable bonds is 13. The van der Waals surface area contributed by atoms with Crippen molar-refractivity contribution in [2.45, 2.75) is 142 Å². The molecule has 1 rings (SSSR count). The van der Waals surface area contributed by atoms with Crippen molar-refractivity contribution in [2.75, 3.05) is 0 Å². The van der Waals surface area contributed by atoms with E-state index in [9.17, 15) is 4.79 Å². The van der Waals surface area contributed by atoms with Crippen LogP contribution in [-0.4, -0.2) is 22.1 Å². The number of hydrogen-bond donors (Lipinski definition) is 0. The lowest BCUT2D eigenvalue weighted by Crippen LogP contribution is -2.58. The lowest BCUT2D eigenvalue weighted by molar-refractivity contribution is -0.265. The minimum atomic E-state index is -0.0610. The largest absolute Gasteiger partial charge is 0.367 e. The maximum absolute atomic E-state index is 12.3. The molecule has 0 spiro atoms. The Hall–Kier alpha value is -0.570. The summed E-state index contributed by atoms with van der Waals surface area (Å²) in [7, 11) is 0. The number of carbonyl (C=O) groups is 1. The van der Waals surface area contributed by atoms with E-state index in [0.717, 1.165) is 25.7 Å².